The van der Waals surface area contributed by atoms with Gasteiger partial charge < -0.3 is 4.74 Å². The first-order chi connectivity index (χ1) is 12.9. The van der Waals surface area contributed by atoms with Gasteiger partial charge in [-0.05, 0) is 24.6 Å². The quantitative estimate of drug-likeness (QED) is 0.538. The van der Waals surface area contributed by atoms with E-state index in [2.05, 4.69) is 0 Å². The molecule has 2 aromatic carbocycles. The smallest absolute Gasteiger partial charge is 0.334 e. The van der Waals surface area contributed by atoms with Gasteiger partial charge in [-0.3, -0.25) is 14.5 Å². The second-order valence-corrected chi connectivity index (χ2v) is 6.77. The lowest BCUT2D eigenvalue weighted by Crippen LogP contribution is -2.37. The van der Waals surface area contributed by atoms with Crippen molar-refractivity contribution in [2.45, 2.75) is 13.0 Å². The Labute approximate surface area is 166 Å². The molecule has 4 amide bonds. The highest BCUT2D eigenvalue weighted by Gasteiger charge is 2.46. The van der Waals surface area contributed by atoms with E-state index in [9.17, 15) is 14.4 Å². The van der Waals surface area contributed by atoms with Crippen molar-refractivity contribution >= 4 is 41.0 Å². The number of carbonyl (C=O) groups is 3. The highest BCUT2D eigenvalue weighted by molar-refractivity contribution is 6.44. The average Bonchev–Trinajstić information content (AvgIpc) is 2.88. The van der Waals surface area contributed by atoms with Crippen molar-refractivity contribution in [3.05, 3.63) is 64.1 Å². The van der Waals surface area contributed by atoms with Gasteiger partial charge >= 0.3 is 17.8 Å². The molecule has 0 aromatic heterocycles. The maximum atomic E-state index is 12.6. The fourth-order valence-electron chi connectivity index (χ4n) is 2.78. The number of carbonyl (C=O) groups excluding carboxylic acids is 3. The van der Waals surface area contributed by atoms with E-state index in [1.54, 1.807) is 43.3 Å². The maximum Gasteiger partial charge on any atom is 0.334 e. The number of urea groups is 1. The standard InChI is InChI=1S/C19H16Cl2N2O4/c1-12(13-5-3-2-4-6-13)23-18(25)17(24)22(19(23)26)9-10-27-16-11-14(20)7-8-15(16)21/h2-8,11-12H,9-10H2,1H3. The summed E-state index contributed by atoms with van der Waals surface area (Å²) in [4.78, 5) is 39.0. The summed E-state index contributed by atoms with van der Waals surface area (Å²) in [6.45, 7) is 1.60. The molecule has 27 heavy (non-hydrogen) atoms. The number of hydrogen-bond acceptors (Lipinski definition) is 4. The van der Waals surface area contributed by atoms with E-state index >= 15 is 0 Å². The SMILES string of the molecule is CC(c1ccccc1)N1C(=O)C(=O)N(CCOc2cc(Cl)ccc2Cl)C1=O. The topological polar surface area (TPSA) is 66.9 Å². The summed E-state index contributed by atoms with van der Waals surface area (Å²) in [5.74, 6) is -1.38. The van der Waals surface area contributed by atoms with Crippen LogP contribution < -0.4 is 4.74 Å². The minimum absolute atomic E-state index is 0.0155. The Morgan fingerprint density at radius 1 is 1.00 bits per heavy atom. The number of nitrogens with zero attached hydrogens (tertiary/aromatic N) is 2. The first-order valence-corrected chi connectivity index (χ1v) is 8.97. The van der Waals surface area contributed by atoms with Crippen molar-refractivity contribution in [3.63, 3.8) is 0 Å². The second-order valence-electron chi connectivity index (χ2n) is 5.92. The minimum atomic E-state index is -0.872. The molecule has 2 aromatic rings. The van der Waals surface area contributed by atoms with E-state index in [4.69, 9.17) is 27.9 Å². The Bertz CT molecular complexity index is 889. The number of amides is 4. The van der Waals surface area contributed by atoms with Gasteiger partial charge in [-0.1, -0.05) is 53.5 Å². The maximum absolute atomic E-state index is 12.6. The molecule has 0 N–H and O–H groups in total. The highest BCUT2D eigenvalue weighted by atomic mass is 35.5. The second kappa shape index (κ2) is 7.98. The van der Waals surface area contributed by atoms with Crippen molar-refractivity contribution in [3.8, 4) is 5.75 Å². The van der Waals surface area contributed by atoms with E-state index in [1.807, 2.05) is 6.07 Å². The van der Waals surface area contributed by atoms with Gasteiger partial charge in [0.15, 0.2) is 0 Å². The van der Waals surface area contributed by atoms with Gasteiger partial charge in [0.2, 0.25) is 0 Å². The molecule has 1 aliphatic rings. The number of rotatable bonds is 6. The van der Waals surface area contributed by atoms with E-state index in [0.29, 0.717) is 15.8 Å². The van der Waals surface area contributed by atoms with Crippen LogP contribution in [0.2, 0.25) is 10.0 Å². The van der Waals surface area contributed by atoms with Gasteiger partial charge in [0.1, 0.15) is 12.4 Å². The van der Waals surface area contributed by atoms with Gasteiger partial charge in [0.05, 0.1) is 17.6 Å². The molecular formula is C19H16Cl2N2O4. The Balaban J connectivity index is 1.68. The van der Waals surface area contributed by atoms with Gasteiger partial charge in [0.25, 0.3) is 0 Å². The Morgan fingerprint density at radius 3 is 2.41 bits per heavy atom. The zero-order valence-electron chi connectivity index (χ0n) is 14.4. The number of hydrogen-bond donors (Lipinski definition) is 0. The van der Waals surface area contributed by atoms with Crippen LogP contribution in [-0.2, 0) is 9.59 Å². The van der Waals surface area contributed by atoms with Crippen molar-refractivity contribution in [2.24, 2.45) is 0 Å². The predicted molar refractivity (Wildman–Crippen MR) is 101 cm³/mol. The zero-order valence-corrected chi connectivity index (χ0v) is 15.9. The van der Waals surface area contributed by atoms with Crippen LogP contribution in [0.15, 0.2) is 48.5 Å². The predicted octanol–water partition coefficient (Wildman–Crippen LogP) is 3.92. The Hall–Kier alpha value is -2.57. The number of imide groups is 2. The number of benzene rings is 2. The summed E-state index contributed by atoms with van der Waals surface area (Å²) < 4.78 is 5.50. The van der Waals surface area contributed by atoms with Crippen LogP contribution in [0.5, 0.6) is 5.75 Å². The molecule has 1 unspecified atom stereocenters. The van der Waals surface area contributed by atoms with E-state index in [0.717, 1.165) is 15.4 Å². The van der Waals surface area contributed by atoms with Gasteiger partial charge in [-0.15, -0.1) is 0 Å². The zero-order chi connectivity index (χ0) is 19.6. The molecule has 0 aliphatic carbocycles. The van der Waals surface area contributed by atoms with Gasteiger partial charge in [-0.2, -0.15) is 0 Å². The third-order valence-electron chi connectivity index (χ3n) is 4.22. The molecule has 6 nitrogen and oxygen atoms in total. The van der Waals surface area contributed by atoms with Crippen LogP contribution in [0, 0.1) is 0 Å². The summed E-state index contributed by atoms with van der Waals surface area (Å²) in [7, 11) is 0. The Kier molecular flexibility index (Phi) is 5.68. The van der Waals surface area contributed by atoms with Crippen LogP contribution in [0.3, 0.4) is 0 Å². The molecule has 1 saturated heterocycles. The lowest BCUT2D eigenvalue weighted by atomic mass is 10.1. The molecule has 8 heteroatoms. The molecule has 3 rings (SSSR count). The highest BCUT2D eigenvalue weighted by Crippen LogP contribution is 2.28. The summed E-state index contributed by atoms with van der Waals surface area (Å²) in [6.07, 6.45) is 0. The van der Waals surface area contributed by atoms with Crippen molar-refractivity contribution in [1.82, 2.24) is 9.80 Å². The lowest BCUT2D eigenvalue weighted by Gasteiger charge is -2.22. The monoisotopic (exact) mass is 406 g/mol. The van der Waals surface area contributed by atoms with Gasteiger partial charge in [0, 0.05) is 11.1 Å². The van der Waals surface area contributed by atoms with Crippen molar-refractivity contribution < 1.29 is 19.1 Å². The first-order valence-electron chi connectivity index (χ1n) is 8.22. The largest absolute Gasteiger partial charge is 0.490 e. The normalized spacial score (nSPS) is 15.4. The van der Waals surface area contributed by atoms with E-state index < -0.39 is 23.9 Å². The number of ether oxygens (including phenoxy) is 1. The van der Waals surface area contributed by atoms with Crippen LogP contribution >= 0.6 is 23.2 Å². The van der Waals surface area contributed by atoms with Crippen LogP contribution in [-0.4, -0.2) is 40.8 Å². The van der Waals surface area contributed by atoms with Crippen molar-refractivity contribution in [2.75, 3.05) is 13.2 Å². The molecule has 1 atom stereocenters. The molecule has 0 spiro atoms. The molecule has 140 valence electrons. The molecule has 1 fully saturated rings. The molecule has 0 radical (unpaired) electrons. The summed E-state index contributed by atoms with van der Waals surface area (Å²) >= 11 is 11.9. The minimum Gasteiger partial charge on any atom is -0.490 e. The first kappa shape index (κ1) is 19.2. The third kappa shape index (κ3) is 3.91. The average molecular weight is 407 g/mol. The molecule has 1 heterocycles. The molecule has 0 bridgehead atoms. The van der Waals surface area contributed by atoms with Crippen LogP contribution in [0.4, 0.5) is 4.79 Å². The van der Waals surface area contributed by atoms with Gasteiger partial charge in [-0.25, -0.2) is 9.69 Å². The molecule has 1 aliphatic heterocycles. The molecule has 0 saturated carbocycles. The summed E-state index contributed by atoms with van der Waals surface area (Å²) in [5.41, 5.74) is 0.760. The van der Waals surface area contributed by atoms with Crippen molar-refractivity contribution in [1.29, 1.82) is 0 Å². The van der Waals surface area contributed by atoms with Crippen LogP contribution in [0.25, 0.3) is 0 Å². The summed E-state index contributed by atoms with van der Waals surface area (Å²) in [5, 5.41) is 0.801. The lowest BCUT2D eigenvalue weighted by molar-refractivity contribution is -0.144. The fourth-order valence-corrected chi connectivity index (χ4v) is 3.11. The number of halogens is 2. The molecular weight excluding hydrogens is 391 g/mol. The van der Waals surface area contributed by atoms with E-state index in [1.165, 1.54) is 6.07 Å². The Morgan fingerprint density at radius 2 is 1.70 bits per heavy atom. The fraction of sp³-hybridized carbons (Fsp3) is 0.211. The third-order valence-corrected chi connectivity index (χ3v) is 4.77. The van der Waals surface area contributed by atoms with E-state index in [-0.39, 0.29) is 13.2 Å². The summed E-state index contributed by atoms with van der Waals surface area (Å²) in [6, 6.07) is 12.5. The van der Waals surface area contributed by atoms with Crippen LogP contribution in [0.1, 0.15) is 18.5 Å².